The number of piperidine rings is 1. The molecule has 0 N–H and O–H groups in total. The van der Waals surface area contributed by atoms with Gasteiger partial charge in [0.15, 0.2) is 0 Å². The molecular weight excluding hydrogens is 366 g/mol. The van der Waals surface area contributed by atoms with Gasteiger partial charge in [0.05, 0.1) is 20.0 Å². The largest absolute Gasteiger partial charge is 0.496 e. The molecule has 0 aliphatic carbocycles. The summed E-state index contributed by atoms with van der Waals surface area (Å²) in [6.07, 6.45) is 4.36. The van der Waals surface area contributed by atoms with Crippen LogP contribution in [0.15, 0.2) is 27.8 Å². The fourth-order valence-electron chi connectivity index (χ4n) is 3.39. The summed E-state index contributed by atoms with van der Waals surface area (Å²) < 4.78 is 16.5. The number of ether oxygens (including phenoxy) is 2. The number of benzene rings is 1. The molecule has 2 aromatic rings. The minimum absolute atomic E-state index is 0.126. The van der Waals surface area contributed by atoms with Crippen LogP contribution in [0.2, 0.25) is 0 Å². The normalized spacial score (nSPS) is 17.0. The van der Waals surface area contributed by atoms with Crippen molar-refractivity contribution in [1.82, 2.24) is 15.1 Å². The van der Waals surface area contributed by atoms with Gasteiger partial charge in [0.25, 0.3) is 11.1 Å². The van der Waals surface area contributed by atoms with Crippen molar-refractivity contribution in [2.24, 2.45) is 0 Å². The number of rotatable bonds is 7. The number of hydrogen-bond acceptors (Lipinski definition) is 7. The summed E-state index contributed by atoms with van der Waals surface area (Å²) in [5.41, 5.74) is 0.607. The number of nitrogens with zero attached hydrogens (tertiary/aromatic N) is 3. The number of hydrogen-bond donors (Lipinski definition) is 0. The van der Waals surface area contributed by atoms with Gasteiger partial charge in [-0.2, -0.15) is 0 Å². The van der Waals surface area contributed by atoms with E-state index in [9.17, 15) is 4.79 Å². The molecule has 0 spiro atoms. The van der Waals surface area contributed by atoms with Gasteiger partial charge in [-0.1, -0.05) is 24.8 Å². The van der Waals surface area contributed by atoms with E-state index < -0.39 is 0 Å². The van der Waals surface area contributed by atoms with E-state index in [4.69, 9.17) is 13.9 Å². The first-order chi connectivity index (χ1) is 13.2. The van der Waals surface area contributed by atoms with Crippen molar-refractivity contribution in [3.8, 4) is 23.0 Å². The average molecular weight is 391 g/mol. The minimum atomic E-state index is 0.126. The maximum atomic E-state index is 12.6. The third-order valence-electron chi connectivity index (χ3n) is 4.79. The van der Waals surface area contributed by atoms with Gasteiger partial charge in [-0.25, -0.2) is 0 Å². The fourth-order valence-corrected chi connectivity index (χ4v) is 4.04. The molecule has 7 nitrogen and oxygen atoms in total. The number of aromatic nitrogens is 2. The predicted molar refractivity (Wildman–Crippen MR) is 103 cm³/mol. The molecule has 1 atom stereocenters. The number of carbonyl (C=O) groups is 1. The summed E-state index contributed by atoms with van der Waals surface area (Å²) in [6.45, 7) is 2.97. The maximum Gasteiger partial charge on any atom is 0.277 e. The summed E-state index contributed by atoms with van der Waals surface area (Å²) in [4.78, 5) is 14.6. The Kier molecular flexibility index (Phi) is 6.60. The third-order valence-corrected chi connectivity index (χ3v) is 5.59. The summed E-state index contributed by atoms with van der Waals surface area (Å²) in [6, 6.07) is 5.79. The third kappa shape index (κ3) is 4.37. The van der Waals surface area contributed by atoms with Gasteiger partial charge in [0.2, 0.25) is 5.91 Å². The minimum Gasteiger partial charge on any atom is -0.496 e. The molecule has 1 aliphatic rings. The van der Waals surface area contributed by atoms with Crippen molar-refractivity contribution in [1.29, 1.82) is 0 Å². The first-order valence-electron chi connectivity index (χ1n) is 9.15. The van der Waals surface area contributed by atoms with Gasteiger partial charge < -0.3 is 18.8 Å². The predicted octanol–water partition coefficient (Wildman–Crippen LogP) is 3.64. The molecule has 1 fully saturated rings. The Morgan fingerprint density at radius 1 is 1.26 bits per heavy atom. The summed E-state index contributed by atoms with van der Waals surface area (Å²) in [5, 5.41) is 8.52. The zero-order chi connectivity index (χ0) is 19.2. The maximum absolute atomic E-state index is 12.6. The molecule has 1 unspecified atom stereocenters. The molecule has 1 amide bonds. The van der Waals surface area contributed by atoms with Gasteiger partial charge in [0.1, 0.15) is 17.1 Å². The van der Waals surface area contributed by atoms with Crippen molar-refractivity contribution >= 4 is 17.7 Å². The van der Waals surface area contributed by atoms with Gasteiger partial charge in [-0.05, 0) is 37.8 Å². The van der Waals surface area contributed by atoms with Crippen LogP contribution in [0.3, 0.4) is 0 Å². The molecule has 1 aromatic heterocycles. The van der Waals surface area contributed by atoms with Crippen molar-refractivity contribution in [2.45, 2.75) is 43.9 Å². The topological polar surface area (TPSA) is 77.7 Å². The average Bonchev–Trinajstić information content (AvgIpc) is 3.19. The van der Waals surface area contributed by atoms with Crippen LogP contribution in [0.4, 0.5) is 0 Å². The molecule has 2 heterocycles. The van der Waals surface area contributed by atoms with Crippen LogP contribution in [0, 0.1) is 0 Å². The summed E-state index contributed by atoms with van der Waals surface area (Å²) in [7, 11) is 3.15. The number of amides is 1. The van der Waals surface area contributed by atoms with Crippen LogP contribution in [-0.2, 0) is 4.79 Å². The molecule has 146 valence electrons. The van der Waals surface area contributed by atoms with Crippen molar-refractivity contribution in [2.75, 3.05) is 26.5 Å². The standard InChI is InChI=1S/C19H25N3O4S/c1-4-13-8-5-6-11-22(13)16(23)12-27-19-21-20-18(26-19)17-14(24-2)9-7-10-15(17)25-3/h7,9-10,13H,4-6,8,11-12H2,1-3H3. The van der Waals surface area contributed by atoms with Crippen LogP contribution >= 0.6 is 11.8 Å². The van der Waals surface area contributed by atoms with Crippen LogP contribution < -0.4 is 9.47 Å². The van der Waals surface area contributed by atoms with Crippen LogP contribution in [-0.4, -0.2) is 53.6 Å². The van der Waals surface area contributed by atoms with E-state index in [1.54, 1.807) is 26.4 Å². The molecule has 1 aliphatic heterocycles. The first kappa shape index (κ1) is 19.5. The molecule has 1 saturated heterocycles. The van der Waals surface area contributed by atoms with E-state index in [1.807, 2.05) is 11.0 Å². The summed E-state index contributed by atoms with van der Waals surface area (Å²) in [5.74, 6) is 1.90. The molecule has 1 aromatic carbocycles. The number of methoxy groups -OCH3 is 2. The zero-order valence-corrected chi connectivity index (χ0v) is 16.8. The van der Waals surface area contributed by atoms with Crippen LogP contribution in [0.25, 0.3) is 11.5 Å². The molecule has 8 heteroatoms. The number of carbonyl (C=O) groups excluding carboxylic acids is 1. The monoisotopic (exact) mass is 391 g/mol. The van der Waals surface area contributed by atoms with Gasteiger partial charge in [-0.3, -0.25) is 4.79 Å². The lowest BCUT2D eigenvalue weighted by Gasteiger charge is -2.35. The van der Waals surface area contributed by atoms with E-state index in [0.717, 1.165) is 25.8 Å². The fraction of sp³-hybridized carbons (Fsp3) is 0.526. The quantitative estimate of drug-likeness (QED) is 0.667. The van der Waals surface area contributed by atoms with E-state index in [1.165, 1.54) is 18.2 Å². The summed E-state index contributed by atoms with van der Waals surface area (Å²) >= 11 is 1.26. The second kappa shape index (κ2) is 9.12. The highest BCUT2D eigenvalue weighted by molar-refractivity contribution is 7.99. The molecule has 3 rings (SSSR count). The Hall–Kier alpha value is -2.22. The molecule has 0 bridgehead atoms. The van der Waals surface area contributed by atoms with E-state index >= 15 is 0 Å². The lowest BCUT2D eigenvalue weighted by molar-refractivity contribution is -0.132. The van der Waals surface area contributed by atoms with Crippen molar-refractivity contribution in [3.63, 3.8) is 0 Å². The SMILES string of the molecule is CCC1CCCCN1C(=O)CSc1nnc(-c2c(OC)cccc2OC)o1. The Morgan fingerprint density at radius 2 is 2.00 bits per heavy atom. The molecular formula is C19H25N3O4S. The molecule has 0 saturated carbocycles. The van der Waals surface area contributed by atoms with Crippen LogP contribution in [0.5, 0.6) is 11.5 Å². The van der Waals surface area contributed by atoms with E-state index in [0.29, 0.717) is 40.0 Å². The second-order valence-corrected chi connectivity index (χ2v) is 7.27. The first-order valence-corrected chi connectivity index (χ1v) is 10.1. The zero-order valence-electron chi connectivity index (χ0n) is 15.9. The smallest absolute Gasteiger partial charge is 0.277 e. The Morgan fingerprint density at radius 3 is 2.67 bits per heavy atom. The van der Waals surface area contributed by atoms with Crippen LogP contribution in [0.1, 0.15) is 32.6 Å². The highest BCUT2D eigenvalue weighted by atomic mass is 32.2. The van der Waals surface area contributed by atoms with Gasteiger partial charge >= 0.3 is 0 Å². The Bertz CT molecular complexity index is 758. The van der Waals surface area contributed by atoms with Crippen molar-refractivity contribution < 1.29 is 18.7 Å². The van der Waals surface area contributed by atoms with E-state index in [-0.39, 0.29) is 5.91 Å². The number of likely N-dealkylation sites (tertiary alicyclic amines) is 1. The lowest BCUT2D eigenvalue weighted by atomic mass is 10.0. The lowest BCUT2D eigenvalue weighted by Crippen LogP contribution is -2.44. The highest BCUT2D eigenvalue weighted by Gasteiger charge is 2.26. The van der Waals surface area contributed by atoms with Gasteiger partial charge in [0, 0.05) is 12.6 Å². The molecule has 27 heavy (non-hydrogen) atoms. The number of thioether (sulfide) groups is 1. The Labute approximate surface area is 163 Å². The second-order valence-electron chi connectivity index (χ2n) is 6.34. The molecule has 0 radical (unpaired) electrons. The van der Waals surface area contributed by atoms with Crippen molar-refractivity contribution in [3.05, 3.63) is 18.2 Å². The van der Waals surface area contributed by atoms with Gasteiger partial charge in [-0.15, -0.1) is 10.2 Å². The Balaban J connectivity index is 1.69. The van der Waals surface area contributed by atoms with E-state index in [2.05, 4.69) is 17.1 Å². The highest BCUT2D eigenvalue weighted by Crippen LogP contribution is 2.38.